The van der Waals surface area contributed by atoms with Crippen molar-refractivity contribution in [3.63, 3.8) is 0 Å². The van der Waals surface area contributed by atoms with Crippen molar-refractivity contribution in [3.05, 3.63) is 65.0 Å². The second-order valence-electron chi connectivity index (χ2n) is 5.99. The Kier molecular flexibility index (Phi) is 3.40. The molecule has 2 aliphatic rings. The van der Waals surface area contributed by atoms with Crippen molar-refractivity contribution in [1.82, 2.24) is 0 Å². The number of hydrogen-bond donors (Lipinski definition) is 3. The molecule has 2 aromatic carbocycles. The van der Waals surface area contributed by atoms with E-state index in [1.807, 2.05) is 0 Å². The lowest BCUT2D eigenvalue weighted by molar-refractivity contribution is -0.140. The number of fused-ring (bicyclic) bond motifs is 4. The summed E-state index contributed by atoms with van der Waals surface area (Å²) in [6.07, 6.45) is 0. The molecule has 132 valence electrons. The summed E-state index contributed by atoms with van der Waals surface area (Å²) in [7, 11) is 0. The minimum atomic E-state index is -1.51. The molecule has 0 bridgehead atoms. The highest BCUT2D eigenvalue weighted by Gasteiger charge is 2.58. The summed E-state index contributed by atoms with van der Waals surface area (Å²) in [6, 6.07) is 11.4. The van der Waals surface area contributed by atoms with Gasteiger partial charge < -0.3 is 25.6 Å². The molecule has 7 heteroatoms. The first-order chi connectivity index (χ1) is 12.5. The lowest BCUT2D eigenvalue weighted by Crippen LogP contribution is -2.45. The molecule has 0 saturated heterocycles. The summed E-state index contributed by atoms with van der Waals surface area (Å²) in [5.41, 5.74) is 6.03. The molecular weight excluding hydrogens is 336 g/mol. The minimum absolute atomic E-state index is 0.0435. The van der Waals surface area contributed by atoms with Crippen LogP contribution in [0.2, 0.25) is 0 Å². The van der Waals surface area contributed by atoms with Gasteiger partial charge in [0, 0.05) is 22.9 Å². The molecular formula is C19H16N2O5. The summed E-state index contributed by atoms with van der Waals surface area (Å²) < 4.78 is 10.7. The zero-order valence-corrected chi connectivity index (χ0v) is 13.9. The topological polar surface area (TPSA) is 111 Å². The van der Waals surface area contributed by atoms with Gasteiger partial charge in [-0.25, -0.2) is 4.79 Å². The van der Waals surface area contributed by atoms with Crippen LogP contribution in [0.3, 0.4) is 0 Å². The third kappa shape index (κ3) is 1.94. The highest BCUT2D eigenvalue weighted by atomic mass is 16.5. The number of esters is 1. The van der Waals surface area contributed by atoms with E-state index in [2.05, 4.69) is 5.32 Å². The number of carbonyl (C=O) groups is 2. The van der Waals surface area contributed by atoms with Crippen molar-refractivity contribution in [2.24, 2.45) is 5.73 Å². The molecule has 2 aliphatic heterocycles. The maximum absolute atomic E-state index is 13.2. The van der Waals surface area contributed by atoms with Gasteiger partial charge in [0.2, 0.25) is 11.8 Å². The maximum atomic E-state index is 13.2. The van der Waals surface area contributed by atoms with E-state index in [9.17, 15) is 14.7 Å². The fourth-order valence-electron chi connectivity index (χ4n) is 3.62. The van der Waals surface area contributed by atoms with Crippen LogP contribution in [0.1, 0.15) is 18.1 Å². The molecule has 7 nitrogen and oxygen atoms in total. The number of nitrogens with two attached hydrogens (primary N) is 1. The van der Waals surface area contributed by atoms with E-state index in [0.29, 0.717) is 16.8 Å². The molecule has 1 spiro atoms. The number of benzene rings is 2. The number of phenolic OH excluding ortho intramolecular Hbond substituents is 1. The summed E-state index contributed by atoms with van der Waals surface area (Å²) in [6.45, 7) is 1.79. The van der Waals surface area contributed by atoms with E-state index >= 15 is 0 Å². The number of aromatic hydroxyl groups is 1. The number of rotatable bonds is 2. The maximum Gasteiger partial charge on any atom is 0.341 e. The van der Waals surface area contributed by atoms with Crippen molar-refractivity contribution in [3.8, 4) is 11.5 Å². The Hall–Kier alpha value is -3.48. The highest BCUT2D eigenvalue weighted by Crippen LogP contribution is 2.53. The van der Waals surface area contributed by atoms with Gasteiger partial charge in [0.1, 0.15) is 22.5 Å². The average Bonchev–Trinajstić information content (AvgIpc) is 2.88. The predicted octanol–water partition coefficient (Wildman–Crippen LogP) is 1.76. The van der Waals surface area contributed by atoms with Crippen molar-refractivity contribution in [1.29, 1.82) is 0 Å². The van der Waals surface area contributed by atoms with Crippen LogP contribution in [0.4, 0.5) is 5.69 Å². The Morgan fingerprint density at radius 1 is 1.27 bits per heavy atom. The fraction of sp³-hybridized carbons (Fsp3) is 0.158. The largest absolute Gasteiger partial charge is 0.508 e. The second-order valence-corrected chi connectivity index (χ2v) is 5.99. The molecule has 4 rings (SSSR count). The Bertz CT molecular complexity index is 982. The third-order valence-corrected chi connectivity index (χ3v) is 4.61. The molecule has 0 saturated carbocycles. The van der Waals surface area contributed by atoms with E-state index in [1.54, 1.807) is 37.3 Å². The minimum Gasteiger partial charge on any atom is -0.508 e. The number of nitrogens with one attached hydrogen (secondary N) is 1. The zero-order chi connectivity index (χ0) is 18.5. The summed E-state index contributed by atoms with van der Waals surface area (Å²) in [4.78, 5) is 25.9. The molecule has 0 aliphatic carbocycles. The van der Waals surface area contributed by atoms with Crippen LogP contribution in [0.15, 0.2) is 53.9 Å². The van der Waals surface area contributed by atoms with Crippen LogP contribution in [-0.2, 0) is 19.7 Å². The van der Waals surface area contributed by atoms with Gasteiger partial charge in [-0.15, -0.1) is 0 Å². The number of anilines is 1. The molecule has 0 fully saturated rings. The number of hydrogen-bond acceptors (Lipinski definition) is 6. The van der Waals surface area contributed by atoms with E-state index in [-0.39, 0.29) is 29.6 Å². The van der Waals surface area contributed by atoms with Gasteiger partial charge in [-0.2, -0.15) is 0 Å². The van der Waals surface area contributed by atoms with Crippen LogP contribution in [0, 0.1) is 0 Å². The van der Waals surface area contributed by atoms with Crippen LogP contribution >= 0.6 is 0 Å². The Labute approximate surface area is 149 Å². The lowest BCUT2D eigenvalue weighted by Gasteiger charge is -2.35. The summed E-state index contributed by atoms with van der Waals surface area (Å²) in [5.74, 6) is -1.22. The van der Waals surface area contributed by atoms with Crippen molar-refractivity contribution >= 4 is 17.6 Å². The molecule has 1 amide bonds. The normalized spacial score (nSPS) is 20.3. The number of para-hydroxylation sites is 1. The van der Waals surface area contributed by atoms with Crippen LogP contribution in [0.25, 0.3) is 0 Å². The second kappa shape index (κ2) is 5.52. The van der Waals surface area contributed by atoms with Crippen molar-refractivity contribution in [2.45, 2.75) is 12.3 Å². The number of ether oxygens (including phenoxy) is 2. The number of phenols is 1. The standard InChI is InChI=1S/C19H16N2O5/c1-2-25-17(23)15-16(20)26-14-9-10(22)7-8-12(14)19(15)11-5-3-4-6-13(11)21-18(19)24/h3-9,22H,2,20H2,1H3,(H,21,24). The third-order valence-electron chi connectivity index (χ3n) is 4.61. The van der Waals surface area contributed by atoms with Crippen LogP contribution in [0.5, 0.6) is 11.5 Å². The summed E-state index contributed by atoms with van der Waals surface area (Å²) >= 11 is 0. The molecule has 0 radical (unpaired) electrons. The Morgan fingerprint density at radius 3 is 2.81 bits per heavy atom. The van der Waals surface area contributed by atoms with Gasteiger partial charge in [-0.1, -0.05) is 18.2 Å². The van der Waals surface area contributed by atoms with Crippen LogP contribution in [-0.4, -0.2) is 23.6 Å². The van der Waals surface area contributed by atoms with Gasteiger partial charge in [-0.05, 0) is 25.1 Å². The van der Waals surface area contributed by atoms with Crippen LogP contribution < -0.4 is 15.8 Å². The van der Waals surface area contributed by atoms with E-state index in [4.69, 9.17) is 15.2 Å². The molecule has 0 aromatic heterocycles. The monoisotopic (exact) mass is 352 g/mol. The SMILES string of the molecule is CCOC(=O)C1=C(N)Oc2cc(O)ccc2C12C(=O)Nc1ccccc12. The van der Waals surface area contributed by atoms with E-state index < -0.39 is 17.3 Å². The molecule has 1 atom stereocenters. The first-order valence-electron chi connectivity index (χ1n) is 8.09. The Balaban J connectivity index is 2.09. The molecule has 2 heterocycles. The number of amides is 1. The predicted molar refractivity (Wildman–Crippen MR) is 92.4 cm³/mol. The molecule has 2 aromatic rings. The average molecular weight is 352 g/mol. The quantitative estimate of drug-likeness (QED) is 0.710. The van der Waals surface area contributed by atoms with Gasteiger partial charge in [0.15, 0.2) is 0 Å². The fourth-order valence-corrected chi connectivity index (χ4v) is 3.62. The van der Waals surface area contributed by atoms with Crippen molar-refractivity contribution < 1.29 is 24.2 Å². The zero-order valence-electron chi connectivity index (χ0n) is 13.9. The number of carbonyl (C=O) groups excluding carboxylic acids is 2. The van der Waals surface area contributed by atoms with Gasteiger partial charge >= 0.3 is 5.97 Å². The molecule has 26 heavy (non-hydrogen) atoms. The molecule has 4 N–H and O–H groups in total. The van der Waals surface area contributed by atoms with Crippen molar-refractivity contribution in [2.75, 3.05) is 11.9 Å². The molecule has 1 unspecified atom stereocenters. The van der Waals surface area contributed by atoms with E-state index in [1.165, 1.54) is 12.1 Å². The lowest BCUT2D eigenvalue weighted by atomic mass is 9.68. The Morgan fingerprint density at radius 2 is 2.04 bits per heavy atom. The first kappa shape index (κ1) is 16.0. The van der Waals surface area contributed by atoms with Gasteiger partial charge in [-0.3, -0.25) is 4.79 Å². The first-order valence-corrected chi connectivity index (χ1v) is 8.09. The van der Waals surface area contributed by atoms with Gasteiger partial charge in [0.05, 0.1) is 6.61 Å². The highest BCUT2D eigenvalue weighted by molar-refractivity contribution is 6.17. The van der Waals surface area contributed by atoms with E-state index in [0.717, 1.165) is 0 Å². The smallest absolute Gasteiger partial charge is 0.341 e. The van der Waals surface area contributed by atoms with Gasteiger partial charge in [0.25, 0.3) is 0 Å². The summed E-state index contributed by atoms with van der Waals surface area (Å²) in [5, 5.41) is 12.6.